The van der Waals surface area contributed by atoms with Crippen LogP contribution in [0.2, 0.25) is 5.02 Å². The maximum Gasteiger partial charge on any atom is 0.222 e. The van der Waals surface area contributed by atoms with Gasteiger partial charge in [0.2, 0.25) is 5.91 Å². The molecule has 1 aliphatic heterocycles. The van der Waals surface area contributed by atoms with Crippen LogP contribution in [0, 0.1) is 0 Å². The number of rotatable bonds is 3. The minimum atomic E-state index is 0.0654. The quantitative estimate of drug-likeness (QED) is 0.885. The number of aryl methyl sites for hydroxylation is 1. The highest BCUT2D eigenvalue weighted by Gasteiger charge is 2.27. The third kappa shape index (κ3) is 2.19. The lowest BCUT2D eigenvalue weighted by Gasteiger charge is -2.15. The topological polar surface area (TPSA) is 46.9 Å². The summed E-state index contributed by atoms with van der Waals surface area (Å²) in [6, 6.07) is 5.72. The van der Waals surface area contributed by atoms with E-state index in [1.165, 1.54) is 0 Å². The predicted octanol–water partition coefficient (Wildman–Crippen LogP) is 2.53. The number of halogens is 2. The lowest BCUT2D eigenvalue weighted by molar-refractivity contribution is -0.119. The summed E-state index contributed by atoms with van der Waals surface area (Å²) >= 11 is 12.1. The van der Waals surface area contributed by atoms with Gasteiger partial charge in [-0.1, -0.05) is 17.7 Å². The highest BCUT2D eigenvalue weighted by Crippen LogP contribution is 2.30. The average Bonchev–Trinajstić information content (AvgIpc) is 2.94. The van der Waals surface area contributed by atoms with Crippen molar-refractivity contribution in [3.05, 3.63) is 29.0 Å². The molecule has 0 bridgehead atoms. The van der Waals surface area contributed by atoms with Gasteiger partial charge >= 0.3 is 0 Å². The fraction of sp³-hybridized carbons (Fsp3) is 0.385. The number of amides is 1. The van der Waals surface area contributed by atoms with Crippen LogP contribution in [0.4, 0.5) is 0 Å². The minimum absolute atomic E-state index is 0.0654. The molecule has 0 spiro atoms. The van der Waals surface area contributed by atoms with E-state index in [1.54, 1.807) is 0 Å². The van der Waals surface area contributed by atoms with Gasteiger partial charge < -0.3 is 9.88 Å². The number of nitrogens with one attached hydrogen (secondary N) is 1. The number of carbonyl (C=O) groups is 1. The zero-order chi connectivity index (χ0) is 13.4. The van der Waals surface area contributed by atoms with Gasteiger partial charge in [-0.2, -0.15) is 0 Å². The highest BCUT2D eigenvalue weighted by molar-refractivity contribution is 6.35. The number of carbonyl (C=O) groups excluding carboxylic acids is 1. The van der Waals surface area contributed by atoms with Crippen LogP contribution in [-0.2, 0) is 11.2 Å². The van der Waals surface area contributed by atoms with Crippen molar-refractivity contribution in [1.82, 2.24) is 14.9 Å². The van der Waals surface area contributed by atoms with E-state index >= 15 is 0 Å². The standard InChI is InChI=1S/C13H13Cl2N3O/c14-5-4-11-17-10-3-1-2-9(15)13(10)18(11)8-6-12(19)16-7-8/h1-3,8H,4-7H2,(H,16,19). The first-order valence-electron chi connectivity index (χ1n) is 6.18. The van der Waals surface area contributed by atoms with Crippen LogP contribution in [0.15, 0.2) is 18.2 Å². The molecular weight excluding hydrogens is 285 g/mol. The summed E-state index contributed by atoms with van der Waals surface area (Å²) in [6.07, 6.45) is 1.13. The van der Waals surface area contributed by atoms with Crippen LogP contribution in [0.3, 0.4) is 0 Å². The molecule has 19 heavy (non-hydrogen) atoms. The molecular formula is C13H13Cl2N3O. The molecule has 1 amide bonds. The molecule has 100 valence electrons. The monoisotopic (exact) mass is 297 g/mol. The number of alkyl halides is 1. The Morgan fingerprint density at radius 1 is 1.47 bits per heavy atom. The SMILES string of the molecule is O=C1CC(n2c(CCCl)nc3cccc(Cl)c32)CN1. The Hall–Kier alpha value is -1.26. The summed E-state index contributed by atoms with van der Waals surface area (Å²) in [5, 5.41) is 3.51. The van der Waals surface area contributed by atoms with E-state index in [4.69, 9.17) is 23.2 Å². The maximum atomic E-state index is 11.4. The fourth-order valence-corrected chi connectivity index (χ4v) is 3.01. The first-order chi connectivity index (χ1) is 9.20. The van der Waals surface area contributed by atoms with E-state index in [2.05, 4.69) is 14.9 Å². The zero-order valence-electron chi connectivity index (χ0n) is 10.2. The van der Waals surface area contributed by atoms with E-state index in [-0.39, 0.29) is 11.9 Å². The summed E-state index contributed by atoms with van der Waals surface area (Å²) in [5.41, 5.74) is 1.75. The Balaban J connectivity index is 2.18. The summed E-state index contributed by atoms with van der Waals surface area (Å²) in [5.74, 6) is 1.45. The van der Waals surface area contributed by atoms with Crippen LogP contribution in [0.5, 0.6) is 0 Å². The van der Waals surface area contributed by atoms with E-state index in [9.17, 15) is 4.79 Å². The molecule has 2 aromatic rings. The third-order valence-corrected chi connectivity index (χ3v) is 3.87. The number of hydrogen-bond acceptors (Lipinski definition) is 2. The maximum absolute atomic E-state index is 11.4. The van der Waals surface area contributed by atoms with Crippen molar-refractivity contribution in [2.24, 2.45) is 0 Å². The smallest absolute Gasteiger partial charge is 0.222 e. The van der Waals surface area contributed by atoms with Gasteiger partial charge in [-0.15, -0.1) is 11.6 Å². The van der Waals surface area contributed by atoms with Gasteiger partial charge in [0.15, 0.2) is 0 Å². The van der Waals surface area contributed by atoms with Gasteiger partial charge in [-0.25, -0.2) is 4.98 Å². The number of imidazole rings is 1. The molecule has 0 radical (unpaired) electrons. The molecule has 1 aromatic carbocycles. The number of fused-ring (bicyclic) bond motifs is 1. The van der Waals surface area contributed by atoms with Gasteiger partial charge in [0, 0.05) is 25.3 Å². The predicted molar refractivity (Wildman–Crippen MR) is 75.8 cm³/mol. The molecule has 1 atom stereocenters. The summed E-state index contributed by atoms with van der Waals surface area (Å²) in [6.45, 7) is 0.616. The van der Waals surface area contributed by atoms with Crippen molar-refractivity contribution >= 4 is 40.1 Å². The number of para-hydroxylation sites is 1. The molecule has 1 fully saturated rings. The van der Waals surface area contributed by atoms with E-state index in [1.807, 2.05) is 18.2 Å². The van der Waals surface area contributed by atoms with Crippen molar-refractivity contribution in [3.63, 3.8) is 0 Å². The van der Waals surface area contributed by atoms with Crippen LogP contribution in [0.25, 0.3) is 11.0 Å². The first kappa shape index (κ1) is 12.8. The van der Waals surface area contributed by atoms with Gasteiger partial charge in [-0.3, -0.25) is 4.79 Å². The summed E-state index contributed by atoms with van der Waals surface area (Å²) < 4.78 is 2.07. The van der Waals surface area contributed by atoms with E-state index in [0.29, 0.717) is 30.3 Å². The Labute approximate surface area is 120 Å². The normalized spacial score (nSPS) is 19.1. The van der Waals surface area contributed by atoms with Crippen LogP contribution >= 0.6 is 23.2 Å². The van der Waals surface area contributed by atoms with Crippen molar-refractivity contribution < 1.29 is 4.79 Å². The highest BCUT2D eigenvalue weighted by atomic mass is 35.5. The molecule has 0 aliphatic carbocycles. The van der Waals surface area contributed by atoms with Gasteiger partial charge in [0.05, 0.1) is 22.1 Å². The minimum Gasteiger partial charge on any atom is -0.354 e. The lowest BCUT2D eigenvalue weighted by atomic mass is 10.2. The Morgan fingerprint density at radius 3 is 3.00 bits per heavy atom. The van der Waals surface area contributed by atoms with Crippen LogP contribution in [0.1, 0.15) is 18.3 Å². The molecule has 2 heterocycles. The largest absolute Gasteiger partial charge is 0.354 e. The Morgan fingerprint density at radius 2 is 2.32 bits per heavy atom. The molecule has 3 rings (SSSR count). The van der Waals surface area contributed by atoms with Crippen LogP contribution < -0.4 is 5.32 Å². The molecule has 1 aromatic heterocycles. The fourth-order valence-electron chi connectivity index (χ4n) is 2.58. The van der Waals surface area contributed by atoms with Gasteiger partial charge in [0.25, 0.3) is 0 Å². The second-order valence-electron chi connectivity index (χ2n) is 4.61. The number of aromatic nitrogens is 2. The van der Waals surface area contributed by atoms with Crippen molar-refractivity contribution in [2.45, 2.75) is 18.9 Å². The van der Waals surface area contributed by atoms with Crippen molar-refractivity contribution in [1.29, 1.82) is 0 Å². The summed E-state index contributed by atoms with van der Waals surface area (Å²) in [7, 11) is 0. The first-order valence-corrected chi connectivity index (χ1v) is 7.10. The molecule has 1 aliphatic rings. The second-order valence-corrected chi connectivity index (χ2v) is 5.39. The molecule has 6 heteroatoms. The Bertz CT molecular complexity index is 638. The molecule has 0 saturated carbocycles. The number of benzene rings is 1. The van der Waals surface area contributed by atoms with Gasteiger partial charge in [0.1, 0.15) is 5.82 Å². The average molecular weight is 298 g/mol. The van der Waals surface area contributed by atoms with E-state index in [0.717, 1.165) is 16.9 Å². The third-order valence-electron chi connectivity index (χ3n) is 3.37. The molecule has 1 saturated heterocycles. The summed E-state index contributed by atoms with van der Waals surface area (Å²) in [4.78, 5) is 16.0. The molecule has 1 N–H and O–H groups in total. The van der Waals surface area contributed by atoms with Crippen molar-refractivity contribution in [3.8, 4) is 0 Å². The zero-order valence-corrected chi connectivity index (χ0v) is 11.7. The number of hydrogen-bond donors (Lipinski definition) is 1. The van der Waals surface area contributed by atoms with E-state index < -0.39 is 0 Å². The molecule has 4 nitrogen and oxygen atoms in total. The molecule has 1 unspecified atom stereocenters. The van der Waals surface area contributed by atoms with Crippen molar-refractivity contribution in [2.75, 3.05) is 12.4 Å². The lowest BCUT2D eigenvalue weighted by Crippen LogP contribution is -2.17. The van der Waals surface area contributed by atoms with Gasteiger partial charge in [-0.05, 0) is 12.1 Å². The number of nitrogens with zero attached hydrogens (tertiary/aromatic N) is 2. The second kappa shape index (κ2) is 5.02. The van der Waals surface area contributed by atoms with Crippen LogP contribution in [-0.4, -0.2) is 27.9 Å². The Kier molecular flexibility index (Phi) is 3.37.